The topological polar surface area (TPSA) is 59.4 Å². The van der Waals surface area contributed by atoms with Crippen LogP contribution in [-0.4, -0.2) is 16.1 Å². The van der Waals surface area contributed by atoms with E-state index in [9.17, 15) is 22.4 Å². The lowest BCUT2D eigenvalue weighted by molar-refractivity contribution is -0.141. The van der Waals surface area contributed by atoms with Gasteiger partial charge in [-0.15, -0.1) is 0 Å². The molecule has 0 fully saturated rings. The van der Waals surface area contributed by atoms with Crippen LogP contribution in [0.1, 0.15) is 11.3 Å². The van der Waals surface area contributed by atoms with Crippen molar-refractivity contribution in [3.05, 3.63) is 59.5 Å². The van der Waals surface area contributed by atoms with Gasteiger partial charge >= 0.3 is 12.1 Å². The number of hydrogen-bond donors (Lipinski definition) is 1. The van der Waals surface area contributed by atoms with Gasteiger partial charge in [0, 0.05) is 11.6 Å². The van der Waals surface area contributed by atoms with Crippen LogP contribution in [0.5, 0.6) is 11.6 Å². The highest BCUT2D eigenvalue weighted by atomic mass is 19.4. The van der Waals surface area contributed by atoms with Gasteiger partial charge in [-0.3, -0.25) is 0 Å². The smallest absolute Gasteiger partial charge is 0.433 e. The molecule has 1 N–H and O–H groups in total. The molecule has 1 heterocycles. The molecule has 1 aromatic carbocycles. The number of hydrogen-bond acceptors (Lipinski definition) is 3. The summed E-state index contributed by atoms with van der Waals surface area (Å²) in [7, 11) is 0. The van der Waals surface area contributed by atoms with Crippen molar-refractivity contribution in [1.82, 2.24) is 4.98 Å². The zero-order valence-electron chi connectivity index (χ0n) is 11.3. The Labute approximate surface area is 127 Å². The average molecular weight is 327 g/mol. The third-order valence-electron chi connectivity index (χ3n) is 2.61. The van der Waals surface area contributed by atoms with Crippen molar-refractivity contribution >= 4 is 12.0 Å². The van der Waals surface area contributed by atoms with E-state index >= 15 is 0 Å². The predicted octanol–water partition coefficient (Wildman–Crippen LogP) is 4.13. The molecule has 0 bridgehead atoms. The van der Waals surface area contributed by atoms with Gasteiger partial charge in [0.15, 0.2) is 0 Å². The maximum Gasteiger partial charge on any atom is 0.433 e. The van der Waals surface area contributed by atoms with Gasteiger partial charge in [-0.05, 0) is 42.5 Å². The predicted molar refractivity (Wildman–Crippen MR) is 72.4 cm³/mol. The number of carboxylic acids is 1. The Balaban J connectivity index is 2.42. The minimum atomic E-state index is -4.68. The zero-order chi connectivity index (χ0) is 17.0. The van der Waals surface area contributed by atoms with Crippen molar-refractivity contribution in [1.29, 1.82) is 0 Å². The molecule has 0 radical (unpaired) electrons. The number of nitrogens with zero attached hydrogens (tertiary/aromatic N) is 1. The Morgan fingerprint density at radius 1 is 1.13 bits per heavy atom. The van der Waals surface area contributed by atoms with Gasteiger partial charge in [0.2, 0.25) is 5.88 Å². The summed E-state index contributed by atoms with van der Waals surface area (Å²) >= 11 is 0. The quantitative estimate of drug-likeness (QED) is 0.677. The van der Waals surface area contributed by atoms with Crippen LogP contribution in [-0.2, 0) is 11.0 Å². The van der Waals surface area contributed by atoms with E-state index in [1.807, 2.05) is 0 Å². The number of pyridine rings is 1. The van der Waals surface area contributed by atoms with Crippen LogP contribution >= 0.6 is 0 Å². The van der Waals surface area contributed by atoms with E-state index in [-0.39, 0.29) is 11.3 Å². The van der Waals surface area contributed by atoms with Crippen LogP contribution in [0.15, 0.2) is 42.5 Å². The molecule has 2 aromatic rings. The minimum Gasteiger partial charge on any atom is -0.478 e. The Morgan fingerprint density at radius 2 is 1.78 bits per heavy atom. The number of halogens is 4. The average Bonchev–Trinajstić information content (AvgIpc) is 2.47. The standard InChI is InChI=1S/C15H9F4NO3/c16-10-3-5-11(6-4-10)23-14-9(2-8-13(21)22)1-7-12(20-14)15(17,18)19/h1-8H,(H,21,22). The molecular weight excluding hydrogens is 318 g/mol. The van der Waals surface area contributed by atoms with Gasteiger partial charge in [-0.1, -0.05) is 0 Å². The van der Waals surface area contributed by atoms with E-state index < -0.39 is 29.5 Å². The summed E-state index contributed by atoms with van der Waals surface area (Å²) in [4.78, 5) is 13.9. The molecule has 0 saturated heterocycles. The summed E-state index contributed by atoms with van der Waals surface area (Å²) in [5, 5.41) is 8.60. The first-order valence-electron chi connectivity index (χ1n) is 6.18. The van der Waals surface area contributed by atoms with E-state index in [1.54, 1.807) is 0 Å². The number of aromatic nitrogens is 1. The number of alkyl halides is 3. The van der Waals surface area contributed by atoms with E-state index in [4.69, 9.17) is 9.84 Å². The highest BCUT2D eigenvalue weighted by molar-refractivity contribution is 5.85. The molecular formula is C15H9F4NO3. The second-order valence-electron chi connectivity index (χ2n) is 4.32. The van der Waals surface area contributed by atoms with Crippen LogP contribution in [0.4, 0.5) is 17.6 Å². The molecule has 0 unspecified atom stereocenters. The number of aliphatic carboxylic acids is 1. The molecule has 0 saturated carbocycles. The van der Waals surface area contributed by atoms with Crippen molar-refractivity contribution in [3.63, 3.8) is 0 Å². The van der Waals surface area contributed by atoms with Gasteiger partial charge in [0.25, 0.3) is 0 Å². The Bertz CT molecular complexity index is 739. The SMILES string of the molecule is O=C(O)C=Cc1ccc(C(F)(F)F)nc1Oc1ccc(F)cc1. The lowest BCUT2D eigenvalue weighted by Crippen LogP contribution is -2.09. The van der Waals surface area contributed by atoms with Crippen molar-refractivity contribution < 1.29 is 32.2 Å². The number of benzene rings is 1. The van der Waals surface area contributed by atoms with E-state index in [0.717, 1.165) is 30.4 Å². The number of ether oxygens (including phenoxy) is 1. The van der Waals surface area contributed by atoms with Gasteiger partial charge < -0.3 is 9.84 Å². The van der Waals surface area contributed by atoms with Gasteiger partial charge in [0.1, 0.15) is 17.3 Å². The summed E-state index contributed by atoms with van der Waals surface area (Å²) in [6.45, 7) is 0. The molecule has 2 rings (SSSR count). The maximum atomic E-state index is 12.8. The van der Waals surface area contributed by atoms with Crippen LogP contribution in [0.3, 0.4) is 0 Å². The number of carbonyl (C=O) groups is 1. The fourth-order valence-corrected chi connectivity index (χ4v) is 1.59. The van der Waals surface area contributed by atoms with Crippen molar-refractivity contribution in [2.24, 2.45) is 0 Å². The molecule has 0 aliphatic carbocycles. The molecule has 23 heavy (non-hydrogen) atoms. The summed E-state index contributed by atoms with van der Waals surface area (Å²) < 4.78 is 56.2. The lowest BCUT2D eigenvalue weighted by Gasteiger charge is -2.11. The summed E-state index contributed by atoms with van der Waals surface area (Å²) in [5.74, 6) is -2.20. The summed E-state index contributed by atoms with van der Waals surface area (Å²) in [6, 6.07) is 6.29. The first kappa shape index (κ1) is 16.5. The normalized spacial score (nSPS) is 11.7. The zero-order valence-corrected chi connectivity index (χ0v) is 11.3. The second-order valence-corrected chi connectivity index (χ2v) is 4.32. The van der Waals surface area contributed by atoms with Crippen molar-refractivity contribution in [2.75, 3.05) is 0 Å². The lowest BCUT2D eigenvalue weighted by atomic mass is 10.2. The van der Waals surface area contributed by atoms with Crippen LogP contribution < -0.4 is 4.74 Å². The Morgan fingerprint density at radius 3 is 2.35 bits per heavy atom. The molecule has 8 heteroatoms. The Hall–Kier alpha value is -2.90. The maximum absolute atomic E-state index is 12.8. The molecule has 0 spiro atoms. The molecule has 0 aliphatic rings. The van der Waals surface area contributed by atoms with Crippen molar-refractivity contribution in [2.45, 2.75) is 6.18 Å². The Kier molecular flexibility index (Phi) is 4.63. The second kappa shape index (κ2) is 6.47. The molecule has 0 aliphatic heterocycles. The van der Waals surface area contributed by atoms with E-state index in [2.05, 4.69) is 4.98 Å². The molecule has 4 nitrogen and oxygen atoms in total. The molecule has 0 atom stereocenters. The molecule has 0 amide bonds. The van der Waals surface area contributed by atoms with Gasteiger partial charge in [-0.2, -0.15) is 13.2 Å². The first-order valence-corrected chi connectivity index (χ1v) is 6.18. The van der Waals surface area contributed by atoms with Crippen molar-refractivity contribution in [3.8, 4) is 11.6 Å². The van der Waals surface area contributed by atoms with E-state index in [0.29, 0.717) is 6.07 Å². The fraction of sp³-hybridized carbons (Fsp3) is 0.0667. The highest BCUT2D eigenvalue weighted by Gasteiger charge is 2.33. The number of carboxylic acid groups (broad SMARTS) is 1. The summed E-state index contributed by atoms with van der Waals surface area (Å²) in [5.41, 5.74) is -1.16. The van der Waals surface area contributed by atoms with Crippen LogP contribution in [0.25, 0.3) is 6.08 Å². The monoisotopic (exact) mass is 327 g/mol. The van der Waals surface area contributed by atoms with Gasteiger partial charge in [-0.25, -0.2) is 14.2 Å². The molecule has 1 aromatic heterocycles. The highest BCUT2D eigenvalue weighted by Crippen LogP contribution is 2.32. The third-order valence-corrected chi connectivity index (χ3v) is 2.61. The van der Waals surface area contributed by atoms with E-state index in [1.165, 1.54) is 12.1 Å². The minimum absolute atomic E-state index is 0.0322. The van der Waals surface area contributed by atoms with Crippen LogP contribution in [0, 0.1) is 5.82 Å². The van der Waals surface area contributed by atoms with Gasteiger partial charge in [0.05, 0.1) is 0 Å². The first-order chi connectivity index (χ1) is 10.8. The fourth-order valence-electron chi connectivity index (χ4n) is 1.59. The molecule has 120 valence electrons. The van der Waals surface area contributed by atoms with Crippen LogP contribution in [0.2, 0.25) is 0 Å². The summed E-state index contributed by atoms with van der Waals surface area (Å²) in [6.07, 6.45) is -2.90. The number of rotatable bonds is 4. The third kappa shape index (κ3) is 4.53. The largest absolute Gasteiger partial charge is 0.478 e.